The third-order valence-corrected chi connectivity index (χ3v) is 4.62. The molecular weight excluding hydrogens is 414 g/mol. The second-order valence-electron chi connectivity index (χ2n) is 4.95. The van der Waals surface area contributed by atoms with Crippen LogP contribution in [0, 0.1) is 3.57 Å². The van der Waals surface area contributed by atoms with Gasteiger partial charge in [0.2, 0.25) is 0 Å². The summed E-state index contributed by atoms with van der Waals surface area (Å²) < 4.78 is 3.13. The molecule has 0 saturated heterocycles. The van der Waals surface area contributed by atoms with Gasteiger partial charge in [0.25, 0.3) is 0 Å². The van der Waals surface area contributed by atoms with Gasteiger partial charge in [-0.15, -0.1) is 0 Å². The average molecular weight is 428 g/mol. The average Bonchev–Trinajstić information content (AvgIpc) is 2.56. The van der Waals surface area contributed by atoms with Gasteiger partial charge in [-0.3, -0.25) is 4.68 Å². The van der Waals surface area contributed by atoms with Crippen LogP contribution in [0.15, 0.2) is 12.1 Å². The van der Waals surface area contributed by atoms with Crippen LogP contribution in [0.2, 0.25) is 5.02 Å². The highest BCUT2D eigenvalue weighted by Crippen LogP contribution is 2.31. The number of aromatic nitrogens is 2. The van der Waals surface area contributed by atoms with Gasteiger partial charge < -0.3 is 0 Å². The quantitative estimate of drug-likeness (QED) is 0.465. The van der Waals surface area contributed by atoms with Crippen molar-refractivity contribution >= 4 is 61.0 Å². The van der Waals surface area contributed by atoms with Crippen LogP contribution >= 0.6 is 50.1 Å². The van der Waals surface area contributed by atoms with Crippen LogP contribution in [-0.4, -0.2) is 9.78 Å². The van der Waals surface area contributed by atoms with E-state index in [1.165, 1.54) is 0 Å². The number of hydrogen-bond acceptors (Lipinski definition) is 1. The molecule has 0 saturated carbocycles. The molecule has 0 spiro atoms. The molecular formula is C12H13BrClIN2. The fraction of sp³-hybridized carbons (Fsp3) is 0.417. The Hall–Kier alpha value is 0.190. The molecule has 0 aliphatic carbocycles. The molecule has 2 nitrogen and oxygen atoms in total. The van der Waals surface area contributed by atoms with Gasteiger partial charge in [0.05, 0.1) is 21.8 Å². The summed E-state index contributed by atoms with van der Waals surface area (Å²) in [6, 6.07) is 4.10. The summed E-state index contributed by atoms with van der Waals surface area (Å²) in [7, 11) is 0. The number of fused-ring (bicyclic) bond motifs is 1. The summed E-state index contributed by atoms with van der Waals surface area (Å²) in [6.07, 6.45) is 0. The molecule has 1 aromatic carbocycles. The van der Waals surface area contributed by atoms with Crippen LogP contribution < -0.4 is 0 Å². The third-order valence-electron chi connectivity index (χ3n) is 2.56. The van der Waals surface area contributed by atoms with Gasteiger partial charge in [-0.05, 0) is 55.5 Å². The zero-order valence-corrected chi connectivity index (χ0v) is 14.4. The third kappa shape index (κ3) is 2.49. The van der Waals surface area contributed by atoms with Crippen LogP contribution in [0.3, 0.4) is 0 Å². The van der Waals surface area contributed by atoms with Crippen LogP contribution in [0.1, 0.15) is 26.5 Å². The van der Waals surface area contributed by atoms with Crippen molar-refractivity contribution in [3.05, 3.63) is 26.4 Å². The number of rotatable bonds is 1. The zero-order chi connectivity index (χ0) is 12.8. The van der Waals surface area contributed by atoms with E-state index in [1.54, 1.807) is 0 Å². The Morgan fingerprint density at radius 3 is 2.59 bits per heavy atom. The molecule has 0 unspecified atom stereocenters. The number of benzene rings is 1. The maximum Gasteiger partial charge on any atom is 0.0809 e. The SMILES string of the molecule is CC(C)(C)n1nc(CBr)c2cc(Cl)c(I)cc21. The lowest BCUT2D eigenvalue weighted by Gasteiger charge is -2.20. The van der Waals surface area contributed by atoms with Crippen molar-refractivity contribution in [2.45, 2.75) is 31.6 Å². The van der Waals surface area contributed by atoms with Crippen molar-refractivity contribution < 1.29 is 0 Å². The number of hydrogen-bond donors (Lipinski definition) is 0. The Morgan fingerprint density at radius 1 is 1.41 bits per heavy atom. The molecule has 0 bridgehead atoms. The normalized spacial score (nSPS) is 12.4. The fourth-order valence-electron chi connectivity index (χ4n) is 1.78. The molecule has 0 aliphatic rings. The Morgan fingerprint density at radius 2 is 2.06 bits per heavy atom. The number of halogens is 3. The summed E-state index contributed by atoms with van der Waals surface area (Å²) in [5.41, 5.74) is 2.14. The largest absolute Gasteiger partial charge is 0.259 e. The predicted molar refractivity (Wildman–Crippen MR) is 85.1 cm³/mol. The van der Waals surface area contributed by atoms with E-state index in [0.717, 1.165) is 30.5 Å². The van der Waals surface area contributed by atoms with Gasteiger partial charge in [0, 0.05) is 14.3 Å². The molecule has 92 valence electrons. The summed E-state index contributed by atoms with van der Waals surface area (Å²) >= 11 is 11.9. The first-order chi connectivity index (χ1) is 7.84. The minimum atomic E-state index is -0.0322. The van der Waals surface area contributed by atoms with E-state index in [9.17, 15) is 0 Å². The van der Waals surface area contributed by atoms with E-state index in [0.29, 0.717) is 0 Å². The van der Waals surface area contributed by atoms with Crippen LogP contribution in [-0.2, 0) is 10.9 Å². The molecule has 1 aromatic heterocycles. The van der Waals surface area contributed by atoms with Gasteiger partial charge in [-0.2, -0.15) is 5.10 Å². The smallest absolute Gasteiger partial charge is 0.0809 e. The lowest BCUT2D eigenvalue weighted by molar-refractivity contribution is 0.366. The zero-order valence-electron chi connectivity index (χ0n) is 9.89. The van der Waals surface area contributed by atoms with E-state index in [2.05, 4.69) is 75.1 Å². The topological polar surface area (TPSA) is 17.8 Å². The van der Waals surface area contributed by atoms with Crippen molar-refractivity contribution in [2.24, 2.45) is 0 Å². The molecule has 0 atom stereocenters. The van der Waals surface area contributed by atoms with E-state index in [4.69, 9.17) is 11.6 Å². The molecule has 0 radical (unpaired) electrons. The van der Waals surface area contributed by atoms with E-state index < -0.39 is 0 Å². The van der Waals surface area contributed by atoms with Crippen molar-refractivity contribution in [2.75, 3.05) is 0 Å². The number of nitrogens with zero attached hydrogens (tertiary/aromatic N) is 2. The van der Waals surface area contributed by atoms with Crippen molar-refractivity contribution in [1.82, 2.24) is 9.78 Å². The molecule has 2 rings (SSSR count). The second-order valence-corrected chi connectivity index (χ2v) is 7.08. The highest BCUT2D eigenvalue weighted by molar-refractivity contribution is 14.1. The van der Waals surface area contributed by atoms with Crippen molar-refractivity contribution in [1.29, 1.82) is 0 Å². The van der Waals surface area contributed by atoms with Gasteiger partial charge >= 0.3 is 0 Å². The fourth-order valence-corrected chi connectivity index (χ4v) is 2.81. The van der Waals surface area contributed by atoms with E-state index in [-0.39, 0.29) is 5.54 Å². The predicted octanol–water partition coefficient (Wildman–Crippen LogP) is 4.94. The van der Waals surface area contributed by atoms with Crippen LogP contribution in [0.25, 0.3) is 10.9 Å². The van der Waals surface area contributed by atoms with E-state index >= 15 is 0 Å². The summed E-state index contributed by atoms with van der Waals surface area (Å²) in [6.45, 7) is 6.46. The standard InChI is InChI=1S/C12H13BrClIN2/c1-12(2,3)17-11-5-9(15)8(14)4-7(11)10(6-13)16-17/h4-5H,6H2,1-3H3. The molecule has 0 N–H and O–H groups in total. The van der Waals surface area contributed by atoms with Gasteiger partial charge in [-0.1, -0.05) is 27.5 Å². The Bertz CT molecular complexity index is 572. The Labute approximate surface area is 128 Å². The lowest BCUT2D eigenvalue weighted by Crippen LogP contribution is -2.23. The first-order valence-electron chi connectivity index (χ1n) is 5.27. The summed E-state index contributed by atoms with van der Waals surface area (Å²) in [5, 5.41) is 7.32. The van der Waals surface area contributed by atoms with Gasteiger partial charge in [0.1, 0.15) is 0 Å². The maximum atomic E-state index is 6.18. The van der Waals surface area contributed by atoms with Gasteiger partial charge in [-0.25, -0.2) is 0 Å². The number of alkyl halides is 1. The van der Waals surface area contributed by atoms with Crippen molar-refractivity contribution in [3.8, 4) is 0 Å². The Balaban J connectivity index is 2.83. The molecule has 5 heteroatoms. The highest BCUT2D eigenvalue weighted by Gasteiger charge is 2.20. The first kappa shape index (κ1) is 13.6. The molecule has 0 fully saturated rings. The highest BCUT2D eigenvalue weighted by atomic mass is 127. The molecule has 17 heavy (non-hydrogen) atoms. The van der Waals surface area contributed by atoms with Crippen molar-refractivity contribution in [3.63, 3.8) is 0 Å². The summed E-state index contributed by atoms with van der Waals surface area (Å²) in [5.74, 6) is 0. The Kier molecular flexibility index (Phi) is 3.77. The van der Waals surface area contributed by atoms with Gasteiger partial charge in [0.15, 0.2) is 0 Å². The molecule has 1 heterocycles. The minimum absolute atomic E-state index is 0.0322. The minimum Gasteiger partial charge on any atom is -0.259 e. The first-order valence-corrected chi connectivity index (χ1v) is 7.85. The second kappa shape index (κ2) is 4.70. The maximum absolute atomic E-state index is 6.18. The lowest BCUT2D eigenvalue weighted by atomic mass is 10.1. The molecule has 2 aromatic rings. The van der Waals surface area contributed by atoms with Crippen LogP contribution in [0.4, 0.5) is 0 Å². The van der Waals surface area contributed by atoms with E-state index in [1.807, 2.05) is 6.07 Å². The summed E-state index contributed by atoms with van der Waals surface area (Å²) in [4.78, 5) is 0. The monoisotopic (exact) mass is 426 g/mol. The molecule has 0 amide bonds. The molecule has 0 aliphatic heterocycles. The van der Waals surface area contributed by atoms with Crippen LogP contribution in [0.5, 0.6) is 0 Å².